The van der Waals surface area contributed by atoms with Crippen molar-refractivity contribution in [2.45, 2.75) is 31.6 Å². The third-order valence-electron chi connectivity index (χ3n) is 2.42. The van der Waals surface area contributed by atoms with Crippen LogP contribution in [0, 0.1) is 3.57 Å². The van der Waals surface area contributed by atoms with Gasteiger partial charge in [-0.3, -0.25) is 4.99 Å². The molecule has 1 heterocycles. The number of thioether (sulfide) groups is 1. The maximum Gasteiger partial charge on any atom is 0.161 e. The topological polar surface area (TPSA) is 24.4 Å². The molecule has 0 amide bonds. The zero-order valence-corrected chi connectivity index (χ0v) is 12.4. The highest BCUT2D eigenvalue weighted by molar-refractivity contribution is 14.1. The van der Waals surface area contributed by atoms with Gasteiger partial charge in [0.2, 0.25) is 0 Å². The van der Waals surface area contributed by atoms with Crippen LogP contribution in [0.15, 0.2) is 29.3 Å². The number of nitrogens with one attached hydrogen (secondary N) is 1. The van der Waals surface area contributed by atoms with Crippen LogP contribution in [-0.2, 0) is 0 Å². The van der Waals surface area contributed by atoms with E-state index in [1.54, 1.807) is 0 Å². The molecular formula is C12H15IN2S. The van der Waals surface area contributed by atoms with Gasteiger partial charge in [-0.1, -0.05) is 18.7 Å². The van der Waals surface area contributed by atoms with Crippen molar-refractivity contribution in [1.29, 1.82) is 0 Å². The summed E-state index contributed by atoms with van der Waals surface area (Å²) < 4.78 is 1.25. The summed E-state index contributed by atoms with van der Waals surface area (Å²) in [4.78, 5) is 4.62. The van der Waals surface area contributed by atoms with Crippen LogP contribution in [0.2, 0.25) is 0 Å². The van der Waals surface area contributed by atoms with Crippen molar-refractivity contribution in [2.24, 2.45) is 4.99 Å². The fourth-order valence-electron chi connectivity index (χ4n) is 1.72. The van der Waals surface area contributed by atoms with E-state index in [1.165, 1.54) is 9.99 Å². The van der Waals surface area contributed by atoms with E-state index >= 15 is 0 Å². The Hall–Kier alpha value is -0.230. The van der Waals surface area contributed by atoms with Gasteiger partial charge in [0.25, 0.3) is 0 Å². The molecular weight excluding hydrogens is 331 g/mol. The number of hydrogen-bond donors (Lipinski definition) is 1. The van der Waals surface area contributed by atoms with Crippen LogP contribution >= 0.6 is 34.4 Å². The maximum absolute atomic E-state index is 4.62. The number of halogens is 1. The van der Waals surface area contributed by atoms with Gasteiger partial charge in [-0.15, -0.1) is 0 Å². The lowest BCUT2D eigenvalue weighted by molar-refractivity contribution is 0.661. The molecule has 0 saturated carbocycles. The Labute approximate surface area is 114 Å². The smallest absolute Gasteiger partial charge is 0.161 e. The number of nitrogens with zero attached hydrogens (tertiary/aromatic N) is 1. The summed E-state index contributed by atoms with van der Waals surface area (Å²) in [6.45, 7) is 4.43. The highest BCUT2D eigenvalue weighted by Crippen LogP contribution is 2.26. The van der Waals surface area contributed by atoms with Gasteiger partial charge < -0.3 is 5.32 Å². The summed E-state index contributed by atoms with van der Waals surface area (Å²) in [6.07, 6.45) is 1.17. The number of amidine groups is 1. The zero-order valence-electron chi connectivity index (χ0n) is 9.40. The van der Waals surface area contributed by atoms with Gasteiger partial charge in [0.05, 0.1) is 6.04 Å². The second kappa shape index (κ2) is 5.40. The summed E-state index contributed by atoms with van der Waals surface area (Å²) in [5, 5.41) is 5.08. The normalized spacial score (nSPS) is 25.1. The Morgan fingerprint density at radius 1 is 1.31 bits per heavy atom. The molecule has 2 nitrogen and oxygen atoms in total. The van der Waals surface area contributed by atoms with Gasteiger partial charge in [0.1, 0.15) is 0 Å². The molecule has 2 unspecified atom stereocenters. The van der Waals surface area contributed by atoms with Crippen LogP contribution in [0.4, 0.5) is 5.69 Å². The first-order valence-electron chi connectivity index (χ1n) is 5.40. The quantitative estimate of drug-likeness (QED) is 0.778. The van der Waals surface area contributed by atoms with E-state index in [0.29, 0.717) is 11.3 Å². The summed E-state index contributed by atoms with van der Waals surface area (Å²) in [7, 11) is 0. The van der Waals surface area contributed by atoms with Gasteiger partial charge in [0.15, 0.2) is 5.17 Å². The highest BCUT2D eigenvalue weighted by Gasteiger charge is 2.18. The van der Waals surface area contributed by atoms with Crippen molar-refractivity contribution in [3.8, 4) is 0 Å². The van der Waals surface area contributed by atoms with Gasteiger partial charge in [0, 0.05) is 14.5 Å². The van der Waals surface area contributed by atoms with Crippen molar-refractivity contribution in [3.63, 3.8) is 0 Å². The lowest BCUT2D eigenvalue weighted by atomic mass is 10.2. The molecule has 0 bridgehead atoms. The molecule has 1 aromatic carbocycles. The van der Waals surface area contributed by atoms with Crippen LogP contribution in [0.3, 0.4) is 0 Å². The molecule has 86 valence electrons. The SMILES string of the molecule is CC1CC(C)SC(Nc2ccc(I)cc2)=N1. The van der Waals surface area contributed by atoms with E-state index in [-0.39, 0.29) is 0 Å². The van der Waals surface area contributed by atoms with E-state index in [9.17, 15) is 0 Å². The molecule has 1 aliphatic heterocycles. The molecule has 1 aliphatic rings. The Bertz CT molecular complexity index is 389. The van der Waals surface area contributed by atoms with Gasteiger partial charge in [-0.2, -0.15) is 0 Å². The van der Waals surface area contributed by atoms with Gasteiger partial charge in [-0.05, 0) is 60.2 Å². The number of anilines is 1. The molecule has 0 spiro atoms. The van der Waals surface area contributed by atoms with Crippen molar-refractivity contribution >= 4 is 45.2 Å². The van der Waals surface area contributed by atoms with Crippen molar-refractivity contribution in [2.75, 3.05) is 5.32 Å². The summed E-state index contributed by atoms with van der Waals surface area (Å²) in [6, 6.07) is 8.82. The first kappa shape index (κ1) is 12.2. The molecule has 0 radical (unpaired) electrons. The molecule has 0 saturated heterocycles. The Balaban J connectivity index is 2.07. The second-order valence-corrected chi connectivity index (χ2v) is 6.75. The highest BCUT2D eigenvalue weighted by atomic mass is 127. The monoisotopic (exact) mass is 346 g/mol. The van der Waals surface area contributed by atoms with Gasteiger partial charge >= 0.3 is 0 Å². The number of rotatable bonds is 1. The minimum absolute atomic E-state index is 0.433. The average molecular weight is 346 g/mol. The van der Waals surface area contributed by atoms with Crippen LogP contribution in [0.1, 0.15) is 20.3 Å². The van der Waals surface area contributed by atoms with Crippen molar-refractivity contribution in [1.82, 2.24) is 0 Å². The fraction of sp³-hybridized carbons (Fsp3) is 0.417. The first-order chi connectivity index (χ1) is 7.63. The zero-order chi connectivity index (χ0) is 11.5. The van der Waals surface area contributed by atoms with Crippen molar-refractivity contribution in [3.05, 3.63) is 27.8 Å². The predicted molar refractivity (Wildman–Crippen MR) is 81.3 cm³/mol. The largest absolute Gasteiger partial charge is 0.335 e. The lowest BCUT2D eigenvalue weighted by Gasteiger charge is -2.22. The van der Waals surface area contributed by atoms with Crippen LogP contribution in [0.5, 0.6) is 0 Å². The summed E-state index contributed by atoms with van der Waals surface area (Å²) >= 11 is 4.14. The van der Waals surface area contributed by atoms with E-state index in [4.69, 9.17) is 0 Å². The molecule has 0 aromatic heterocycles. The standard InChI is InChI=1S/C12H15IN2S/c1-8-7-9(2)16-12(14-8)15-11-5-3-10(13)4-6-11/h3-6,8-9H,7H2,1-2H3,(H,14,15). The maximum atomic E-state index is 4.62. The average Bonchev–Trinajstić information content (AvgIpc) is 2.20. The fourth-order valence-corrected chi connectivity index (χ4v) is 3.25. The van der Waals surface area contributed by atoms with Crippen LogP contribution < -0.4 is 5.32 Å². The molecule has 16 heavy (non-hydrogen) atoms. The van der Waals surface area contributed by atoms with Gasteiger partial charge in [-0.25, -0.2) is 0 Å². The molecule has 2 atom stereocenters. The second-order valence-electron chi connectivity index (χ2n) is 4.08. The van der Waals surface area contributed by atoms with E-state index in [2.05, 4.69) is 71.0 Å². The Morgan fingerprint density at radius 2 is 2.00 bits per heavy atom. The van der Waals surface area contributed by atoms with E-state index in [0.717, 1.165) is 10.9 Å². The molecule has 0 fully saturated rings. The van der Waals surface area contributed by atoms with Crippen LogP contribution in [0.25, 0.3) is 0 Å². The molecule has 4 heteroatoms. The Kier molecular flexibility index (Phi) is 4.13. The molecule has 1 N–H and O–H groups in total. The number of aliphatic imine (C=N–C) groups is 1. The molecule has 1 aromatic rings. The number of hydrogen-bond acceptors (Lipinski definition) is 3. The third-order valence-corrected chi connectivity index (χ3v) is 4.16. The number of benzene rings is 1. The van der Waals surface area contributed by atoms with Crippen LogP contribution in [-0.4, -0.2) is 16.5 Å². The predicted octanol–water partition coefficient (Wildman–Crippen LogP) is 3.97. The first-order valence-corrected chi connectivity index (χ1v) is 7.36. The molecule has 2 rings (SSSR count). The lowest BCUT2D eigenvalue weighted by Crippen LogP contribution is -2.22. The summed E-state index contributed by atoms with van der Waals surface area (Å²) in [5.41, 5.74) is 1.12. The Morgan fingerprint density at radius 3 is 2.62 bits per heavy atom. The minimum atomic E-state index is 0.433. The van der Waals surface area contributed by atoms with E-state index < -0.39 is 0 Å². The van der Waals surface area contributed by atoms with Crippen molar-refractivity contribution < 1.29 is 0 Å². The summed E-state index contributed by atoms with van der Waals surface area (Å²) in [5.74, 6) is 0. The van der Waals surface area contributed by atoms with E-state index in [1.807, 2.05) is 11.8 Å². The minimum Gasteiger partial charge on any atom is -0.335 e. The molecule has 0 aliphatic carbocycles. The third kappa shape index (κ3) is 3.38.